The molecule has 1 atom stereocenters. The summed E-state index contributed by atoms with van der Waals surface area (Å²) < 4.78 is 17.4. The Morgan fingerprint density at radius 1 is 1.21 bits per heavy atom. The average molecular weight is 394 g/mol. The lowest BCUT2D eigenvalue weighted by Gasteiger charge is -2.50. The van der Waals surface area contributed by atoms with Crippen LogP contribution in [-0.4, -0.2) is 47.7 Å². The van der Waals surface area contributed by atoms with Crippen LogP contribution in [0.5, 0.6) is 0 Å². The van der Waals surface area contributed by atoms with Gasteiger partial charge in [-0.1, -0.05) is 12.1 Å². The lowest BCUT2D eigenvalue weighted by atomic mass is 9.79. The number of pyridine rings is 1. The van der Waals surface area contributed by atoms with Crippen molar-refractivity contribution in [3.05, 3.63) is 65.0 Å². The normalized spacial score (nSPS) is 21.9. The van der Waals surface area contributed by atoms with Crippen molar-refractivity contribution in [1.82, 2.24) is 9.88 Å². The second kappa shape index (κ2) is 7.86. The summed E-state index contributed by atoms with van der Waals surface area (Å²) in [5.74, 6) is 0.523. The monoisotopic (exact) mass is 394 g/mol. The van der Waals surface area contributed by atoms with E-state index in [1.165, 1.54) is 5.56 Å². The number of ether oxygens (including phenoxy) is 3. The molecule has 1 amide bonds. The number of aromatic nitrogens is 1. The Kier molecular flexibility index (Phi) is 5.08. The molecule has 6 heteroatoms. The van der Waals surface area contributed by atoms with Gasteiger partial charge in [-0.25, -0.2) is 0 Å². The fourth-order valence-corrected chi connectivity index (χ4v) is 4.66. The molecule has 2 aromatic rings. The maximum atomic E-state index is 12.9. The first-order valence-electron chi connectivity index (χ1n) is 10.3. The molecule has 3 aliphatic heterocycles. The summed E-state index contributed by atoms with van der Waals surface area (Å²) in [5, 5.41) is 0. The Morgan fingerprint density at radius 2 is 2.10 bits per heavy atom. The van der Waals surface area contributed by atoms with E-state index in [0.29, 0.717) is 45.4 Å². The first kappa shape index (κ1) is 18.7. The number of likely N-dealkylation sites (tertiary alicyclic amines) is 1. The first-order chi connectivity index (χ1) is 14.2. The maximum Gasteiger partial charge on any atom is 0.254 e. The largest absolute Gasteiger partial charge is 0.375 e. The fraction of sp³-hybridized carbons (Fsp3) is 0.478. The van der Waals surface area contributed by atoms with Gasteiger partial charge in [0.05, 0.1) is 38.6 Å². The van der Waals surface area contributed by atoms with E-state index >= 15 is 0 Å². The van der Waals surface area contributed by atoms with Crippen LogP contribution in [0.3, 0.4) is 0 Å². The van der Waals surface area contributed by atoms with Crippen molar-refractivity contribution >= 4 is 5.91 Å². The fourth-order valence-electron chi connectivity index (χ4n) is 4.66. The standard InChI is InChI=1S/C23H26N2O4/c26-22(17-4-5-18-12-28-13-19(18)11-17)25-15-23(16-25)20(7-10-29-23)6-9-27-14-21-3-1-2-8-24-21/h1-5,8,11,20H,6-7,9-10,12-16H2/t20-/m1/s1. The Labute approximate surface area is 170 Å². The molecule has 3 aliphatic rings. The minimum Gasteiger partial charge on any atom is -0.375 e. The van der Waals surface area contributed by atoms with Gasteiger partial charge in [0, 0.05) is 25.0 Å². The van der Waals surface area contributed by atoms with Crippen molar-refractivity contribution in [2.24, 2.45) is 5.92 Å². The second-order valence-electron chi connectivity index (χ2n) is 8.20. The number of carbonyl (C=O) groups excluding carboxylic acids is 1. The Bertz CT molecular complexity index is 880. The average Bonchev–Trinajstić information content (AvgIpc) is 3.36. The molecular weight excluding hydrogens is 368 g/mol. The summed E-state index contributed by atoms with van der Waals surface area (Å²) in [7, 11) is 0. The molecule has 0 N–H and O–H groups in total. The highest BCUT2D eigenvalue weighted by atomic mass is 16.5. The number of amides is 1. The molecule has 6 nitrogen and oxygen atoms in total. The summed E-state index contributed by atoms with van der Waals surface area (Å²) in [5.41, 5.74) is 3.82. The SMILES string of the molecule is O=C(c1ccc2c(c1)COC2)N1CC2(C1)OCC[C@H]2CCOCc1ccccn1. The van der Waals surface area contributed by atoms with Gasteiger partial charge in [0.25, 0.3) is 5.91 Å². The molecule has 0 aliphatic carbocycles. The summed E-state index contributed by atoms with van der Waals surface area (Å²) >= 11 is 0. The lowest BCUT2D eigenvalue weighted by Crippen LogP contribution is -2.66. The number of rotatable bonds is 6. The van der Waals surface area contributed by atoms with Gasteiger partial charge >= 0.3 is 0 Å². The molecule has 2 saturated heterocycles. The molecule has 1 aromatic heterocycles. The van der Waals surface area contributed by atoms with Crippen molar-refractivity contribution in [2.45, 2.75) is 38.3 Å². The van der Waals surface area contributed by atoms with E-state index in [-0.39, 0.29) is 11.5 Å². The van der Waals surface area contributed by atoms with Gasteiger partial charge in [-0.2, -0.15) is 0 Å². The highest BCUT2D eigenvalue weighted by Crippen LogP contribution is 2.42. The molecule has 1 aromatic carbocycles. The van der Waals surface area contributed by atoms with Crippen LogP contribution in [0.4, 0.5) is 0 Å². The van der Waals surface area contributed by atoms with Crippen molar-refractivity contribution < 1.29 is 19.0 Å². The number of carbonyl (C=O) groups is 1. The van der Waals surface area contributed by atoms with E-state index in [9.17, 15) is 4.79 Å². The molecule has 1 spiro atoms. The van der Waals surface area contributed by atoms with E-state index in [0.717, 1.165) is 36.3 Å². The summed E-state index contributed by atoms with van der Waals surface area (Å²) in [4.78, 5) is 19.1. The topological polar surface area (TPSA) is 60.9 Å². The first-order valence-corrected chi connectivity index (χ1v) is 10.3. The van der Waals surface area contributed by atoms with Crippen LogP contribution in [0.2, 0.25) is 0 Å². The van der Waals surface area contributed by atoms with Crippen LogP contribution in [0.15, 0.2) is 42.6 Å². The smallest absolute Gasteiger partial charge is 0.254 e. The molecule has 0 radical (unpaired) electrons. The van der Waals surface area contributed by atoms with Gasteiger partial charge < -0.3 is 19.1 Å². The third kappa shape index (κ3) is 3.68. The van der Waals surface area contributed by atoms with E-state index in [2.05, 4.69) is 4.98 Å². The molecular formula is C23H26N2O4. The van der Waals surface area contributed by atoms with Crippen molar-refractivity contribution in [2.75, 3.05) is 26.3 Å². The van der Waals surface area contributed by atoms with E-state index in [1.807, 2.05) is 41.3 Å². The minimum absolute atomic E-state index is 0.0889. The summed E-state index contributed by atoms with van der Waals surface area (Å²) in [6.45, 7) is 4.58. The zero-order valence-electron chi connectivity index (χ0n) is 16.5. The number of benzene rings is 1. The Balaban J connectivity index is 1.13. The molecule has 29 heavy (non-hydrogen) atoms. The highest BCUT2D eigenvalue weighted by Gasteiger charge is 2.54. The van der Waals surface area contributed by atoms with Gasteiger partial charge in [0.15, 0.2) is 0 Å². The third-order valence-corrected chi connectivity index (χ3v) is 6.36. The highest BCUT2D eigenvalue weighted by molar-refractivity contribution is 5.95. The summed E-state index contributed by atoms with van der Waals surface area (Å²) in [6, 6.07) is 11.8. The predicted molar refractivity (Wildman–Crippen MR) is 106 cm³/mol. The van der Waals surface area contributed by atoms with Crippen LogP contribution < -0.4 is 0 Å². The van der Waals surface area contributed by atoms with Crippen molar-refractivity contribution in [1.29, 1.82) is 0 Å². The van der Waals surface area contributed by atoms with Crippen LogP contribution in [0.25, 0.3) is 0 Å². The third-order valence-electron chi connectivity index (χ3n) is 6.36. The van der Waals surface area contributed by atoms with Gasteiger partial charge in [0.2, 0.25) is 0 Å². The molecule has 2 fully saturated rings. The minimum atomic E-state index is -0.191. The predicted octanol–water partition coefficient (Wildman–Crippen LogP) is 2.95. The van der Waals surface area contributed by atoms with Crippen LogP contribution in [0, 0.1) is 5.92 Å². The summed E-state index contributed by atoms with van der Waals surface area (Å²) in [6.07, 6.45) is 3.77. The number of hydrogen-bond donors (Lipinski definition) is 0. The molecule has 0 unspecified atom stereocenters. The maximum absolute atomic E-state index is 12.9. The number of nitrogens with zero attached hydrogens (tertiary/aromatic N) is 2. The quantitative estimate of drug-likeness (QED) is 0.705. The molecule has 5 rings (SSSR count). The zero-order valence-corrected chi connectivity index (χ0v) is 16.5. The Morgan fingerprint density at radius 3 is 2.97 bits per heavy atom. The van der Waals surface area contributed by atoms with E-state index in [4.69, 9.17) is 14.2 Å². The molecule has 152 valence electrons. The van der Waals surface area contributed by atoms with Crippen LogP contribution >= 0.6 is 0 Å². The zero-order chi connectivity index (χ0) is 19.7. The molecule has 0 saturated carbocycles. The Hall–Kier alpha value is -2.28. The molecule has 4 heterocycles. The van der Waals surface area contributed by atoms with E-state index < -0.39 is 0 Å². The van der Waals surface area contributed by atoms with Gasteiger partial charge in [-0.3, -0.25) is 9.78 Å². The number of fused-ring (bicyclic) bond motifs is 1. The van der Waals surface area contributed by atoms with Crippen molar-refractivity contribution in [3.8, 4) is 0 Å². The van der Waals surface area contributed by atoms with Crippen LogP contribution in [-0.2, 0) is 34.0 Å². The number of hydrogen-bond acceptors (Lipinski definition) is 5. The molecule has 0 bridgehead atoms. The van der Waals surface area contributed by atoms with Gasteiger partial charge in [-0.15, -0.1) is 0 Å². The van der Waals surface area contributed by atoms with Gasteiger partial charge in [-0.05, 0) is 54.2 Å². The second-order valence-corrected chi connectivity index (χ2v) is 8.20. The van der Waals surface area contributed by atoms with E-state index in [1.54, 1.807) is 6.20 Å². The van der Waals surface area contributed by atoms with Gasteiger partial charge in [0.1, 0.15) is 5.60 Å². The van der Waals surface area contributed by atoms with Crippen LogP contribution in [0.1, 0.15) is 40.0 Å². The lowest BCUT2D eigenvalue weighted by molar-refractivity contribution is -0.120. The van der Waals surface area contributed by atoms with Crippen molar-refractivity contribution in [3.63, 3.8) is 0 Å².